The van der Waals surface area contributed by atoms with Crippen molar-refractivity contribution in [3.05, 3.63) is 69.8 Å². The number of nitrogens with zero attached hydrogens (tertiary/aromatic N) is 1. The molecular weight excluding hydrogens is 242 g/mol. The molecule has 1 amide bonds. The van der Waals surface area contributed by atoms with Crippen LogP contribution in [-0.2, 0) is 13.0 Å². The fourth-order valence-electron chi connectivity index (χ4n) is 2.33. The van der Waals surface area contributed by atoms with Crippen LogP contribution in [-0.4, -0.2) is 17.4 Å². The van der Waals surface area contributed by atoms with Gasteiger partial charge in [0.1, 0.15) is 6.26 Å². The molecule has 0 bridgehead atoms. The van der Waals surface area contributed by atoms with Crippen LogP contribution in [0.4, 0.5) is 0 Å². The first-order chi connectivity index (χ1) is 9.24. The second kappa shape index (κ2) is 4.72. The molecular formula is C15H13NO3. The lowest BCUT2D eigenvalue weighted by Crippen LogP contribution is -2.36. The Morgan fingerprint density at radius 1 is 1.11 bits per heavy atom. The van der Waals surface area contributed by atoms with Crippen molar-refractivity contribution >= 4 is 5.91 Å². The predicted molar refractivity (Wildman–Crippen MR) is 69.9 cm³/mol. The van der Waals surface area contributed by atoms with Crippen LogP contribution < -0.4 is 5.63 Å². The molecule has 0 unspecified atom stereocenters. The Bertz CT molecular complexity index is 655. The number of hydrogen-bond donors (Lipinski definition) is 0. The highest BCUT2D eigenvalue weighted by Crippen LogP contribution is 2.19. The Morgan fingerprint density at radius 3 is 2.63 bits per heavy atom. The highest BCUT2D eigenvalue weighted by Gasteiger charge is 2.21. The first-order valence-corrected chi connectivity index (χ1v) is 6.19. The topological polar surface area (TPSA) is 50.5 Å². The van der Waals surface area contributed by atoms with Crippen LogP contribution in [0.1, 0.15) is 21.5 Å². The summed E-state index contributed by atoms with van der Waals surface area (Å²) < 4.78 is 4.74. The zero-order chi connectivity index (χ0) is 13.2. The maximum absolute atomic E-state index is 12.3. The zero-order valence-corrected chi connectivity index (χ0v) is 10.3. The van der Waals surface area contributed by atoms with E-state index >= 15 is 0 Å². The van der Waals surface area contributed by atoms with Gasteiger partial charge in [-0.15, -0.1) is 0 Å². The Hall–Kier alpha value is -2.36. The van der Waals surface area contributed by atoms with E-state index in [1.807, 2.05) is 18.2 Å². The van der Waals surface area contributed by atoms with Crippen LogP contribution in [0.3, 0.4) is 0 Å². The second-order valence-corrected chi connectivity index (χ2v) is 4.59. The van der Waals surface area contributed by atoms with Crippen LogP contribution >= 0.6 is 0 Å². The van der Waals surface area contributed by atoms with Crippen molar-refractivity contribution in [2.45, 2.75) is 13.0 Å². The van der Waals surface area contributed by atoms with Gasteiger partial charge in [-0.2, -0.15) is 0 Å². The molecule has 3 rings (SSSR count). The fraction of sp³-hybridized carbons (Fsp3) is 0.200. The van der Waals surface area contributed by atoms with Gasteiger partial charge in [0.2, 0.25) is 0 Å². The lowest BCUT2D eigenvalue weighted by molar-refractivity contribution is 0.0732. The molecule has 0 saturated carbocycles. The maximum Gasteiger partial charge on any atom is 0.335 e. The quantitative estimate of drug-likeness (QED) is 0.781. The minimum Gasteiger partial charge on any atom is -0.430 e. The van der Waals surface area contributed by atoms with Crippen LogP contribution in [0.15, 0.2) is 51.9 Å². The maximum atomic E-state index is 12.3. The standard InChI is InChI=1S/C15H13NO3/c17-14-6-5-13(10-19-14)15(18)16-8-7-11-3-1-2-4-12(11)9-16/h1-6,10H,7-9H2. The Morgan fingerprint density at radius 2 is 1.89 bits per heavy atom. The smallest absolute Gasteiger partial charge is 0.335 e. The van der Waals surface area contributed by atoms with Crippen molar-refractivity contribution in [1.29, 1.82) is 0 Å². The average Bonchev–Trinajstić information content (AvgIpc) is 2.47. The summed E-state index contributed by atoms with van der Waals surface area (Å²) in [6, 6.07) is 10.9. The van der Waals surface area contributed by atoms with Crippen LogP contribution in [0.25, 0.3) is 0 Å². The largest absolute Gasteiger partial charge is 0.430 e. The van der Waals surface area contributed by atoms with Gasteiger partial charge in [0.25, 0.3) is 5.91 Å². The van der Waals surface area contributed by atoms with Crippen LogP contribution in [0, 0.1) is 0 Å². The van der Waals surface area contributed by atoms with Crippen molar-refractivity contribution in [2.75, 3.05) is 6.54 Å². The molecule has 96 valence electrons. The monoisotopic (exact) mass is 255 g/mol. The van der Waals surface area contributed by atoms with Gasteiger partial charge in [-0.25, -0.2) is 4.79 Å². The van der Waals surface area contributed by atoms with Crippen molar-refractivity contribution < 1.29 is 9.21 Å². The molecule has 0 aliphatic carbocycles. The molecule has 0 atom stereocenters. The van der Waals surface area contributed by atoms with Gasteiger partial charge in [0, 0.05) is 19.2 Å². The second-order valence-electron chi connectivity index (χ2n) is 4.59. The number of carbonyl (C=O) groups excluding carboxylic acids is 1. The molecule has 1 aromatic carbocycles. The van der Waals surface area contributed by atoms with E-state index in [1.165, 1.54) is 29.5 Å². The van der Waals surface area contributed by atoms with Gasteiger partial charge in [-0.05, 0) is 23.6 Å². The van der Waals surface area contributed by atoms with E-state index in [0.717, 1.165) is 6.42 Å². The number of hydrogen-bond acceptors (Lipinski definition) is 3. The summed E-state index contributed by atoms with van der Waals surface area (Å²) in [6.07, 6.45) is 2.09. The third-order valence-corrected chi connectivity index (χ3v) is 3.37. The Balaban J connectivity index is 1.83. The van der Waals surface area contributed by atoms with Gasteiger partial charge in [-0.1, -0.05) is 24.3 Å². The van der Waals surface area contributed by atoms with Crippen molar-refractivity contribution in [2.24, 2.45) is 0 Å². The highest BCUT2D eigenvalue weighted by molar-refractivity contribution is 5.93. The molecule has 1 aromatic heterocycles. The molecule has 19 heavy (non-hydrogen) atoms. The van der Waals surface area contributed by atoms with E-state index in [0.29, 0.717) is 18.7 Å². The SMILES string of the molecule is O=C(c1ccc(=O)oc1)N1CCc2ccccc2C1. The van der Waals surface area contributed by atoms with Crippen molar-refractivity contribution in [3.8, 4) is 0 Å². The molecule has 2 heterocycles. The number of benzene rings is 1. The van der Waals surface area contributed by atoms with E-state index in [2.05, 4.69) is 6.07 Å². The van der Waals surface area contributed by atoms with E-state index in [1.54, 1.807) is 4.90 Å². The van der Waals surface area contributed by atoms with Gasteiger partial charge in [0.05, 0.1) is 5.56 Å². The van der Waals surface area contributed by atoms with E-state index in [-0.39, 0.29) is 5.91 Å². The molecule has 0 saturated heterocycles. The van der Waals surface area contributed by atoms with Gasteiger partial charge >= 0.3 is 5.63 Å². The third-order valence-electron chi connectivity index (χ3n) is 3.37. The molecule has 1 aliphatic heterocycles. The molecule has 2 aromatic rings. The number of rotatable bonds is 1. The van der Waals surface area contributed by atoms with Gasteiger partial charge in [-0.3, -0.25) is 4.79 Å². The highest BCUT2D eigenvalue weighted by atomic mass is 16.4. The lowest BCUT2D eigenvalue weighted by atomic mass is 9.99. The molecule has 0 spiro atoms. The van der Waals surface area contributed by atoms with E-state index < -0.39 is 5.63 Å². The van der Waals surface area contributed by atoms with Crippen molar-refractivity contribution in [1.82, 2.24) is 4.90 Å². The predicted octanol–water partition coefficient (Wildman–Crippen LogP) is 1.84. The van der Waals surface area contributed by atoms with E-state index in [9.17, 15) is 9.59 Å². The summed E-state index contributed by atoms with van der Waals surface area (Å²) in [4.78, 5) is 25.0. The minimum atomic E-state index is -0.444. The van der Waals surface area contributed by atoms with Gasteiger partial charge < -0.3 is 9.32 Å². The Kier molecular flexibility index (Phi) is 2.91. The molecule has 0 fully saturated rings. The minimum absolute atomic E-state index is 0.0988. The zero-order valence-electron chi connectivity index (χ0n) is 10.3. The summed E-state index contributed by atoms with van der Waals surface area (Å²) in [7, 11) is 0. The number of fused-ring (bicyclic) bond motifs is 1. The van der Waals surface area contributed by atoms with Gasteiger partial charge in [0.15, 0.2) is 0 Å². The molecule has 4 nitrogen and oxygen atoms in total. The summed E-state index contributed by atoms with van der Waals surface area (Å²) in [5, 5.41) is 0. The van der Waals surface area contributed by atoms with Crippen LogP contribution in [0.2, 0.25) is 0 Å². The normalized spacial score (nSPS) is 14.0. The number of amides is 1. The summed E-state index contributed by atoms with van der Waals surface area (Å²) in [5.74, 6) is -0.0988. The molecule has 0 radical (unpaired) electrons. The summed E-state index contributed by atoms with van der Waals surface area (Å²) >= 11 is 0. The fourth-order valence-corrected chi connectivity index (χ4v) is 2.33. The van der Waals surface area contributed by atoms with Crippen LogP contribution in [0.5, 0.6) is 0 Å². The first kappa shape index (κ1) is 11.7. The summed E-state index contributed by atoms with van der Waals surface area (Å²) in [6.45, 7) is 1.29. The lowest BCUT2D eigenvalue weighted by Gasteiger charge is -2.28. The number of carbonyl (C=O) groups is 1. The van der Waals surface area contributed by atoms with E-state index in [4.69, 9.17) is 4.42 Å². The van der Waals surface area contributed by atoms with Crippen molar-refractivity contribution in [3.63, 3.8) is 0 Å². The molecule has 1 aliphatic rings. The molecule has 0 N–H and O–H groups in total. The molecule has 4 heteroatoms. The third kappa shape index (κ3) is 2.29. The Labute approximate surface area is 110 Å². The summed E-state index contributed by atoms with van der Waals surface area (Å²) in [5.41, 5.74) is 2.45. The first-order valence-electron chi connectivity index (χ1n) is 6.19. The average molecular weight is 255 g/mol.